The van der Waals surface area contributed by atoms with Gasteiger partial charge in [-0.05, 0) is 50.3 Å². The summed E-state index contributed by atoms with van der Waals surface area (Å²) in [6.45, 7) is 4.52. The maximum absolute atomic E-state index is 11.6. The van der Waals surface area contributed by atoms with E-state index in [-0.39, 0.29) is 5.97 Å². The zero-order chi connectivity index (χ0) is 13.0. The molecule has 1 aromatic rings. The second kappa shape index (κ2) is 5.89. The molecule has 1 saturated carbocycles. The van der Waals surface area contributed by atoms with Crippen LogP contribution in [0.2, 0.25) is 0 Å². The summed E-state index contributed by atoms with van der Waals surface area (Å²) >= 11 is 0. The van der Waals surface area contributed by atoms with E-state index in [1.807, 2.05) is 25.1 Å². The second-order valence-electron chi connectivity index (χ2n) is 5.06. The summed E-state index contributed by atoms with van der Waals surface area (Å²) in [5, 5.41) is 3.50. The molecule has 18 heavy (non-hydrogen) atoms. The van der Waals surface area contributed by atoms with E-state index in [9.17, 15) is 4.79 Å². The molecule has 1 aliphatic rings. The Hall–Kier alpha value is -1.51. The molecule has 0 amide bonds. The molecule has 3 nitrogen and oxygen atoms in total. The van der Waals surface area contributed by atoms with E-state index >= 15 is 0 Å². The lowest BCUT2D eigenvalue weighted by Gasteiger charge is -2.14. The molecule has 2 rings (SSSR count). The van der Waals surface area contributed by atoms with Crippen molar-refractivity contribution >= 4 is 11.7 Å². The maximum atomic E-state index is 11.6. The number of hydrogen-bond donors (Lipinski definition) is 1. The third-order valence-electron chi connectivity index (χ3n) is 3.44. The smallest absolute Gasteiger partial charge is 0.338 e. The van der Waals surface area contributed by atoms with Gasteiger partial charge in [-0.25, -0.2) is 4.79 Å². The lowest BCUT2D eigenvalue weighted by atomic mass is 10.1. The van der Waals surface area contributed by atoms with Crippen molar-refractivity contribution in [1.82, 2.24) is 0 Å². The first kappa shape index (κ1) is 12.9. The highest BCUT2D eigenvalue weighted by Gasteiger charge is 2.21. The number of anilines is 1. The van der Waals surface area contributed by atoms with E-state index in [0.29, 0.717) is 18.2 Å². The summed E-state index contributed by atoms with van der Waals surface area (Å²) in [6.07, 6.45) is 3.71. The van der Waals surface area contributed by atoms with Gasteiger partial charge in [-0.15, -0.1) is 0 Å². The number of hydrogen-bond acceptors (Lipinski definition) is 3. The first-order valence-corrected chi connectivity index (χ1v) is 6.72. The van der Waals surface area contributed by atoms with Crippen LogP contribution >= 0.6 is 0 Å². The van der Waals surface area contributed by atoms with Crippen molar-refractivity contribution < 1.29 is 9.53 Å². The molecule has 0 radical (unpaired) electrons. The van der Waals surface area contributed by atoms with Gasteiger partial charge in [0.05, 0.1) is 12.2 Å². The number of esters is 1. The van der Waals surface area contributed by atoms with Gasteiger partial charge in [0.2, 0.25) is 0 Å². The van der Waals surface area contributed by atoms with Crippen molar-refractivity contribution in [2.45, 2.75) is 39.2 Å². The Morgan fingerprint density at radius 2 is 2.28 bits per heavy atom. The molecule has 1 N–H and O–H groups in total. The minimum absolute atomic E-state index is 0.249. The molecule has 98 valence electrons. The van der Waals surface area contributed by atoms with Gasteiger partial charge in [-0.3, -0.25) is 0 Å². The summed E-state index contributed by atoms with van der Waals surface area (Å²) in [5.74, 6) is 0.552. The summed E-state index contributed by atoms with van der Waals surface area (Å²) < 4.78 is 5.00. The highest BCUT2D eigenvalue weighted by molar-refractivity contribution is 5.90. The standard InChI is InChI=1S/C15H21NO2/c1-3-18-15(17)12-5-4-6-13(10-12)16-14-8-7-11(2)9-14/h4-6,10-11,14,16H,3,7-9H2,1-2H3. The van der Waals surface area contributed by atoms with E-state index in [0.717, 1.165) is 11.6 Å². The Morgan fingerprint density at radius 1 is 1.44 bits per heavy atom. The van der Waals surface area contributed by atoms with E-state index in [1.54, 1.807) is 6.07 Å². The van der Waals surface area contributed by atoms with Gasteiger partial charge in [0.15, 0.2) is 0 Å². The van der Waals surface area contributed by atoms with Crippen LogP contribution in [0.1, 0.15) is 43.5 Å². The lowest BCUT2D eigenvalue weighted by molar-refractivity contribution is 0.0526. The monoisotopic (exact) mass is 247 g/mol. The Bertz CT molecular complexity index is 417. The van der Waals surface area contributed by atoms with E-state index in [2.05, 4.69) is 12.2 Å². The number of carbonyl (C=O) groups excluding carboxylic acids is 1. The maximum Gasteiger partial charge on any atom is 0.338 e. The van der Waals surface area contributed by atoms with Crippen LogP contribution < -0.4 is 5.32 Å². The summed E-state index contributed by atoms with van der Waals surface area (Å²) in [6, 6.07) is 8.11. The number of ether oxygens (including phenoxy) is 1. The zero-order valence-electron chi connectivity index (χ0n) is 11.1. The topological polar surface area (TPSA) is 38.3 Å². The first-order valence-electron chi connectivity index (χ1n) is 6.72. The van der Waals surface area contributed by atoms with Gasteiger partial charge in [0, 0.05) is 11.7 Å². The Balaban J connectivity index is 2.01. The molecule has 0 saturated heterocycles. The molecule has 0 aliphatic heterocycles. The molecule has 1 aliphatic carbocycles. The van der Waals surface area contributed by atoms with Crippen molar-refractivity contribution in [1.29, 1.82) is 0 Å². The predicted molar refractivity (Wildman–Crippen MR) is 72.8 cm³/mol. The van der Waals surface area contributed by atoms with E-state index < -0.39 is 0 Å². The summed E-state index contributed by atoms with van der Waals surface area (Å²) in [5.41, 5.74) is 1.63. The minimum Gasteiger partial charge on any atom is -0.462 e. The van der Waals surface area contributed by atoms with Crippen LogP contribution in [0.4, 0.5) is 5.69 Å². The molecule has 3 heteroatoms. The number of carbonyl (C=O) groups is 1. The number of nitrogens with one attached hydrogen (secondary N) is 1. The van der Waals surface area contributed by atoms with Crippen molar-refractivity contribution in [2.24, 2.45) is 5.92 Å². The molecule has 2 atom stereocenters. The third kappa shape index (κ3) is 3.25. The molecule has 0 bridgehead atoms. The van der Waals surface area contributed by atoms with E-state index in [4.69, 9.17) is 4.74 Å². The molecular weight excluding hydrogens is 226 g/mol. The molecule has 0 spiro atoms. The van der Waals surface area contributed by atoms with Gasteiger partial charge in [0.1, 0.15) is 0 Å². The van der Waals surface area contributed by atoms with Crippen LogP contribution in [0.5, 0.6) is 0 Å². The fourth-order valence-electron chi connectivity index (χ4n) is 2.52. The Kier molecular flexibility index (Phi) is 4.24. The molecule has 1 fully saturated rings. The first-order chi connectivity index (χ1) is 8.69. The quantitative estimate of drug-likeness (QED) is 0.828. The van der Waals surface area contributed by atoms with Crippen LogP contribution in [0.3, 0.4) is 0 Å². The second-order valence-corrected chi connectivity index (χ2v) is 5.06. The average molecular weight is 247 g/mol. The Morgan fingerprint density at radius 3 is 2.94 bits per heavy atom. The molecule has 2 unspecified atom stereocenters. The Labute approximate surface area is 109 Å². The van der Waals surface area contributed by atoms with Crippen LogP contribution in [-0.2, 0) is 4.74 Å². The molecule has 1 aromatic carbocycles. The van der Waals surface area contributed by atoms with Crippen LogP contribution in [0.25, 0.3) is 0 Å². The van der Waals surface area contributed by atoms with Gasteiger partial charge in [0.25, 0.3) is 0 Å². The predicted octanol–water partition coefficient (Wildman–Crippen LogP) is 3.46. The van der Waals surface area contributed by atoms with Gasteiger partial charge >= 0.3 is 5.97 Å². The van der Waals surface area contributed by atoms with Crippen LogP contribution in [0.15, 0.2) is 24.3 Å². The van der Waals surface area contributed by atoms with Gasteiger partial charge < -0.3 is 10.1 Å². The number of benzene rings is 1. The zero-order valence-corrected chi connectivity index (χ0v) is 11.1. The van der Waals surface area contributed by atoms with Crippen molar-refractivity contribution in [3.05, 3.63) is 29.8 Å². The normalized spacial score (nSPS) is 22.8. The molecule has 0 heterocycles. The third-order valence-corrected chi connectivity index (χ3v) is 3.44. The van der Waals surface area contributed by atoms with Crippen LogP contribution in [0, 0.1) is 5.92 Å². The van der Waals surface area contributed by atoms with Gasteiger partial charge in [-0.2, -0.15) is 0 Å². The van der Waals surface area contributed by atoms with Gasteiger partial charge in [-0.1, -0.05) is 13.0 Å². The SMILES string of the molecule is CCOC(=O)c1cccc(NC2CCC(C)C2)c1. The van der Waals surface area contributed by atoms with Crippen molar-refractivity contribution in [3.8, 4) is 0 Å². The fraction of sp³-hybridized carbons (Fsp3) is 0.533. The van der Waals surface area contributed by atoms with Crippen LogP contribution in [-0.4, -0.2) is 18.6 Å². The molecule has 0 aromatic heterocycles. The van der Waals surface area contributed by atoms with E-state index in [1.165, 1.54) is 19.3 Å². The summed E-state index contributed by atoms with van der Waals surface area (Å²) in [4.78, 5) is 11.6. The highest BCUT2D eigenvalue weighted by Crippen LogP contribution is 2.27. The number of rotatable bonds is 4. The lowest BCUT2D eigenvalue weighted by Crippen LogP contribution is -2.15. The minimum atomic E-state index is -0.249. The summed E-state index contributed by atoms with van der Waals surface area (Å²) in [7, 11) is 0. The highest BCUT2D eigenvalue weighted by atomic mass is 16.5. The molecular formula is C15H21NO2. The fourth-order valence-corrected chi connectivity index (χ4v) is 2.52. The van der Waals surface area contributed by atoms with Crippen molar-refractivity contribution in [3.63, 3.8) is 0 Å². The van der Waals surface area contributed by atoms with Crippen molar-refractivity contribution in [2.75, 3.05) is 11.9 Å². The average Bonchev–Trinajstić information content (AvgIpc) is 2.75. The largest absolute Gasteiger partial charge is 0.462 e.